The summed E-state index contributed by atoms with van der Waals surface area (Å²) in [6, 6.07) is 18.1. The van der Waals surface area contributed by atoms with E-state index in [-0.39, 0.29) is 41.1 Å². The number of aromatic nitrogens is 1. The molecule has 3 aromatic carbocycles. The predicted octanol–water partition coefficient (Wildman–Crippen LogP) is 5.54. The summed E-state index contributed by atoms with van der Waals surface area (Å²) in [6.45, 7) is 1.63. The van der Waals surface area contributed by atoms with E-state index in [0.717, 1.165) is 24.5 Å². The number of nitrogen functional groups attached to an aromatic ring is 1. The van der Waals surface area contributed by atoms with Crippen LogP contribution in [0.1, 0.15) is 58.4 Å². The minimum atomic E-state index is -1.26. The van der Waals surface area contributed by atoms with Gasteiger partial charge < -0.3 is 21.5 Å². The number of hydrogen-bond acceptors (Lipinski definition) is 6. The van der Waals surface area contributed by atoms with Crippen molar-refractivity contribution in [2.45, 2.75) is 37.1 Å². The van der Waals surface area contributed by atoms with Crippen LogP contribution >= 0.6 is 11.6 Å². The fourth-order valence-electron chi connectivity index (χ4n) is 5.28. The molecule has 1 aromatic heterocycles. The molecule has 230 valence electrons. The van der Waals surface area contributed by atoms with Gasteiger partial charge >= 0.3 is 0 Å². The Balaban J connectivity index is 1.41. The van der Waals surface area contributed by atoms with E-state index in [9.17, 15) is 14.0 Å². The highest BCUT2D eigenvalue weighted by atomic mass is 35.5. The first kappa shape index (κ1) is 30.2. The van der Waals surface area contributed by atoms with E-state index < -0.39 is 28.9 Å². The summed E-state index contributed by atoms with van der Waals surface area (Å²) in [4.78, 5) is 35.3. The van der Waals surface area contributed by atoms with Crippen LogP contribution < -0.4 is 21.5 Å². The van der Waals surface area contributed by atoms with Gasteiger partial charge in [0.05, 0.1) is 16.8 Å². The van der Waals surface area contributed by atoms with Crippen molar-refractivity contribution in [3.8, 4) is 17.0 Å². The molecule has 4 aromatic rings. The molecule has 1 fully saturated rings. The summed E-state index contributed by atoms with van der Waals surface area (Å²) < 4.78 is 35.2. The molecule has 0 saturated heterocycles. The monoisotopic (exact) mass is 629 g/mol. The van der Waals surface area contributed by atoms with Gasteiger partial charge in [-0.2, -0.15) is 0 Å². The van der Waals surface area contributed by atoms with E-state index in [0.29, 0.717) is 40.2 Å². The number of benzene rings is 3. The van der Waals surface area contributed by atoms with Gasteiger partial charge in [-0.05, 0) is 55.7 Å². The first-order valence-corrected chi connectivity index (χ1v) is 14.8. The number of nitrogens with zero attached hydrogens (tertiary/aromatic N) is 2. The van der Waals surface area contributed by atoms with Crippen LogP contribution in [0.3, 0.4) is 0 Å². The number of fused-ring (bicyclic) bond motifs is 1. The number of carbonyl (C=O) groups is 2. The Morgan fingerprint density at radius 3 is 2.60 bits per heavy atom. The van der Waals surface area contributed by atoms with E-state index >= 15 is 4.39 Å². The number of hydrogen-bond donors (Lipinski definition) is 3. The van der Waals surface area contributed by atoms with Crippen molar-refractivity contribution in [3.05, 3.63) is 111 Å². The van der Waals surface area contributed by atoms with E-state index in [1.165, 1.54) is 0 Å². The van der Waals surface area contributed by atoms with E-state index in [1.807, 2.05) is 30.3 Å². The number of carbonyl (C=O) groups excluding carboxylic acids is 2. The standard InChI is InChI=1S/C34H30ClF2N5O3/c1-34(33(39)44)17-45-31-24(34)13-29(42-30(31)22-12-25(35)27(37)14-26(22)36)23(18-5-3-2-4-6-18)16-41-32(43)19-7-10-28(38)20(11-19)15-40-21-8-9-21/h2-7,10-15,21,23H,8-9,16-17,38H2,1H3,(H2,39,44)(H,41,43)/t23?,34-/m0/s1. The molecule has 1 saturated carbocycles. The van der Waals surface area contributed by atoms with Crippen LogP contribution in [0, 0.1) is 11.6 Å². The molecule has 45 heavy (non-hydrogen) atoms. The maximum Gasteiger partial charge on any atom is 0.251 e. The lowest BCUT2D eigenvalue weighted by Crippen LogP contribution is -2.40. The van der Waals surface area contributed by atoms with Crippen molar-refractivity contribution >= 4 is 35.3 Å². The van der Waals surface area contributed by atoms with Gasteiger partial charge in [0.15, 0.2) is 0 Å². The van der Waals surface area contributed by atoms with Gasteiger partial charge in [0, 0.05) is 52.7 Å². The number of ether oxygens (including phenoxy) is 1. The summed E-state index contributed by atoms with van der Waals surface area (Å²) in [6.07, 6.45) is 3.79. The molecule has 1 aliphatic carbocycles. The van der Waals surface area contributed by atoms with Gasteiger partial charge in [-0.3, -0.25) is 14.6 Å². The Hall–Kier alpha value is -4.83. The lowest BCUT2D eigenvalue weighted by molar-refractivity contribution is -0.123. The highest BCUT2D eigenvalue weighted by Gasteiger charge is 2.44. The quantitative estimate of drug-likeness (QED) is 0.127. The number of halogens is 3. The summed E-state index contributed by atoms with van der Waals surface area (Å²) in [5.41, 5.74) is 13.8. The molecule has 2 heterocycles. The van der Waals surface area contributed by atoms with Gasteiger partial charge in [-0.1, -0.05) is 41.9 Å². The fourth-order valence-corrected chi connectivity index (χ4v) is 5.45. The van der Waals surface area contributed by atoms with Crippen molar-refractivity contribution in [2.75, 3.05) is 18.9 Å². The third kappa shape index (κ3) is 5.98. The number of aliphatic imine (C=N–C) groups is 1. The van der Waals surface area contributed by atoms with Gasteiger partial charge in [-0.25, -0.2) is 13.8 Å². The van der Waals surface area contributed by atoms with Crippen molar-refractivity contribution in [2.24, 2.45) is 10.7 Å². The molecule has 0 bridgehead atoms. The Morgan fingerprint density at radius 1 is 1.13 bits per heavy atom. The molecule has 11 heteroatoms. The smallest absolute Gasteiger partial charge is 0.251 e. The first-order chi connectivity index (χ1) is 21.5. The molecule has 8 nitrogen and oxygen atoms in total. The molecular formula is C34H30ClF2N5O3. The van der Waals surface area contributed by atoms with Crippen LogP contribution in [0.15, 0.2) is 71.7 Å². The van der Waals surface area contributed by atoms with Crippen molar-refractivity contribution in [1.82, 2.24) is 10.3 Å². The minimum Gasteiger partial charge on any atom is -0.489 e. The molecule has 2 aliphatic rings. The molecule has 6 rings (SSSR count). The maximum atomic E-state index is 15.2. The third-order valence-corrected chi connectivity index (χ3v) is 8.54. The van der Waals surface area contributed by atoms with Crippen LogP contribution in [0.5, 0.6) is 5.75 Å². The summed E-state index contributed by atoms with van der Waals surface area (Å²) in [5.74, 6) is -3.23. The summed E-state index contributed by atoms with van der Waals surface area (Å²) >= 11 is 6.05. The highest BCUT2D eigenvalue weighted by molar-refractivity contribution is 6.31. The second kappa shape index (κ2) is 11.9. The molecule has 2 atom stereocenters. The van der Waals surface area contributed by atoms with Crippen LogP contribution in [0.25, 0.3) is 11.3 Å². The number of primary amides is 1. The zero-order valence-corrected chi connectivity index (χ0v) is 25.1. The van der Waals surface area contributed by atoms with Crippen molar-refractivity contribution < 1.29 is 23.1 Å². The fraction of sp³-hybridized carbons (Fsp3) is 0.235. The number of nitrogens with two attached hydrogens (primary N) is 2. The van der Waals surface area contributed by atoms with Gasteiger partial charge in [-0.15, -0.1) is 0 Å². The molecular weight excluding hydrogens is 600 g/mol. The lowest BCUT2D eigenvalue weighted by Gasteiger charge is -2.23. The van der Waals surface area contributed by atoms with E-state index in [2.05, 4.69) is 10.3 Å². The Morgan fingerprint density at radius 2 is 1.89 bits per heavy atom. The van der Waals surface area contributed by atoms with Crippen LogP contribution in [0.4, 0.5) is 14.5 Å². The van der Waals surface area contributed by atoms with E-state index in [1.54, 1.807) is 37.4 Å². The Kier molecular flexibility index (Phi) is 8.01. The number of anilines is 1. The first-order valence-electron chi connectivity index (χ1n) is 14.4. The third-order valence-electron chi connectivity index (χ3n) is 8.25. The molecule has 0 radical (unpaired) electrons. The second-order valence-corrected chi connectivity index (χ2v) is 11.9. The van der Waals surface area contributed by atoms with Crippen LogP contribution in [0.2, 0.25) is 5.02 Å². The highest BCUT2D eigenvalue weighted by Crippen LogP contribution is 2.46. The van der Waals surface area contributed by atoms with Gasteiger partial charge in [0.1, 0.15) is 35.1 Å². The largest absolute Gasteiger partial charge is 0.489 e. The average molecular weight is 630 g/mol. The normalized spacial score (nSPS) is 18.0. The summed E-state index contributed by atoms with van der Waals surface area (Å²) in [5, 5.41) is 2.68. The van der Waals surface area contributed by atoms with Gasteiger partial charge in [0.25, 0.3) is 5.91 Å². The molecule has 0 spiro atoms. The van der Waals surface area contributed by atoms with Gasteiger partial charge in [0.2, 0.25) is 5.91 Å². The summed E-state index contributed by atoms with van der Waals surface area (Å²) in [7, 11) is 0. The number of amides is 2. The SMILES string of the molecule is C[C@]1(C(N)=O)COc2c1cc(C(CNC(=O)c1ccc(N)c(C=NC3CC3)c1)c1ccccc1)nc2-c1cc(Cl)c(F)cc1F. The van der Waals surface area contributed by atoms with Crippen molar-refractivity contribution in [1.29, 1.82) is 0 Å². The zero-order chi connectivity index (χ0) is 31.9. The zero-order valence-electron chi connectivity index (χ0n) is 24.3. The molecule has 1 unspecified atom stereocenters. The minimum absolute atomic E-state index is 0.0391. The lowest BCUT2D eigenvalue weighted by atomic mass is 9.81. The van der Waals surface area contributed by atoms with Crippen molar-refractivity contribution in [3.63, 3.8) is 0 Å². The molecule has 2 amide bonds. The predicted molar refractivity (Wildman–Crippen MR) is 169 cm³/mol. The number of rotatable bonds is 9. The molecule has 5 N–H and O–H groups in total. The Bertz CT molecular complexity index is 1850. The number of nitrogens with one attached hydrogen (secondary N) is 1. The average Bonchev–Trinajstić information content (AvgIpc) is 3.80. The topological polar surface area (TPSA) is 133 Å². The number of pyridine rings is 1. The Labute approximate surface area is 263 Å². The van der Waals surface area contributed by atoms with E-state index in [4.69, 9.17) is 32.8 Å². The maximum absolute atomic E-state index is 15.2. The second-order valence-electron chi connectivity index (χ2n) is 11.5. The molecule has 1 aliphatic heterocycles. The van der Waals surface area contributed by atoms with Crippen LogP contribution in [-0.4, -0.2) is 42.2 Å². The van der Waals surface area contributed by atoms with Crippen LogP contribution in [-0.2, 0) is 10.2 Å².